The summed E-state index contributed by atoms with van der Waals surface area (Å²) in [6.07, 6.45) is 1.42. The molecule has 196 valence electrons. The smallest absolute Gasteiger partial charge is 0.346 e. The third-order valence-corrected chi connectivity index (χ3v) is 5.59. The summed E-state index contributed by atoms with van der Waals surface area (Å²) >= 11 is 0. The molecular formula is C28H15F6N3O2. The fourth-order valence-electron chi connectivity index (χ4n) is 3.69. The second-order valence-electron chi connectivity index (χ2n) is 8.20. The van der Waals surface area contributed by atoms with E-state index in [0.29, 0.717) is 22.4 Å². The first kappa shape index (κ1) is 25.6. The fourth-order valence-corrected chi connectivity index (χ4v) is 3.69. The molecule has 0 spiro atoms. The lowest BCUT2D eigenvalue weighted by molar-refractivity contribution is 0.251. The first-order chi connectivity index (χ1) is 18.7. The number of carbonyl (C=O) groups excluding carboxylic acids is 1. The number of hydrogen-bond donors (Lipinski definition) is 1. The van der Waals surface area contributed by atoms with Crippen molar-refractivity contribution in [2.24, 2.45) is 0 Å². The average Bonchev–Trinajstić information content (AvgIpc) is 3.37. The molecule has 5 nitrogen and oxygen atoms in total. The fraction of sp³-hybridized carbons (Fsp3) is 0. The molecule has 0 atom stereocenters. The van der Waals surface area contributed by atoms with Crippen molar-refractivity contribution in [2.45, 2.75) is 0 Å². The molecule has 5 aromatic rings. The Balaban J connectivity index is 1.39. The average molecular weight is 539 g/mol. The van der Waals surface area contributed by atoms with E-state index < -0.39 is 46.7 Å². The molecule has 1 aromatic heterocycles. The van der Waals surface area contributed by atoms with Gasteiger partial charge in [-0.3, -0.25) is 0 Å². The molecule has 5 rings (SSSR count). The van der Waals surface area contributed by atoms with Crippen LogP contribution in [-0.2, 0) is 0 Å². The molecule has 0 saturated carbocycles. The molecule has 39 heavy (non-hydrogen) atoms. The Bertz CT molecular complexity index is 1580. The molecule has 1 N–H and O–H groups in total. The zero-order valence-electron chi connectivity index (χ0n) is 19.6. The van der Waals surface area contributed by atoms with Gasteiger partial charge >= 0.3 is 6.03 Å². The maximum atomic E-state index is 13.9. The zero-order valence-corrected chi connectivity index (χ0v) is 19.6. The van der Waals surface area contributed by atoms with Gasteiger partial charge in [0.1, 0.15) is 23.1 Å². The standard InChI is InChI=1S/C28H15F6N3O2/c29-17-5-1-15(2-6-17)21-14-37(36-26(21)16-3-7-18(30)8-4-16)28(38)35-19-9-11-20(12-10-19)39-27-24(33)22(31)13-23(32)25(27)34/h1-14H,(H,35,38). The highest BCUT2D eigenvalue weighted by Gasteiger charge is 2.21. The number of halogens is 6. The van der Waals surface area contributed by atoms with Crippen molar-refractivity contribution in [3.05, 3.63) is 120 Å². The number of amides is 1. The van der Waals surface area contributed by atoms with Crippen LogP contribution in [0.4, 0.5) is 36.8 Å². The minimum atomic E-state index is -1.70. The van der Waals surface area contributed by atoms with Crippen LogP contribution >= 0.6 is 0 Å². The van der Waals surface area contributed by atoms with E-state index in [2.05, 4.69) is 10.4 Å². The summed E-state index contributed by atoms with van der Waals surface area (Å²) in [5, 5.41) is 6.89. The van der Waals surface area contributed by atoms with Gasteiger partial charge in [-0.25, -0.2) is 22.4 Å². The van der Waals surface area contributed by atoms with Crippen LogP contribution in [0.3, 0.4) is 0 Å². The summed E-state index contributed by atoms with van der Waals surface area (Å²) in [4.78, 5) is 12.9. The molecule has 0 aliphatic carbocycles. The van der Waals surface area contributed by atoms with Gasteiger partial charge in [0.25, 0.3) is 0 Å². The molecule has 0 saturated heterocycles. The minimum Gasteiger partial charge on any atom is -0.451 e. The van der Waals surface area contributed by atoms with Gasteiger partial charge in [0.2, 0.25) is 17.4 Å². The molecule has 0 aliphatic rings. The van der Waals surface area contributed by atoms with Crippen molar-refractivity contribution < 1.29 is 35.9 Å². The molecule has 0 fully saturated rings. The van der Waals surface area contributed by atoms with Crippen LogP contribution in [0.1, 0.15) is 0 Å². The second kappa shape index (κ2) is 10.4. The van der Waals surface area contributed by atoms with Crippen molar-refractivity contribution in [3.8, 4) is 33.9 Å². The first-order valence-electron chi connectivity index (χ1n) is 11.2. The van der Waals surface area contributed by atoms with Gasteiger partial charge in [0.15, 0.2) is 11.6 Å². The van der Waals surface area contributed by atoms with E-state index in [1.807, 2.05) is 0 Å². The van der Waals surface area contributed by atoms with Crippen molar-refractivity contribution in [3.63, 3.8) is 0 Å². The van der Waals surface area contributed by atoms with Gasteiger partial charge in [-0.05, 0) is 66.2 Å². The number of benzene rings is 4. The number of ether oxygens (including phenoxy) is 1. The summed E-state index contributed by atoms with van der Waals surface area (Å²) in [5.41, 5.74) is 2.11. The number of anilines is 1. The topological polar surface area (TPSA) is 56.1 Å². The van der Waals surface area contributed by atoms with Gasteiger partial charge in [-0.15, -0.1) is 0 Å². The van der Waals surface area contributed by atoms with E-state index in [1.54, 1.807) is 0 Å². The lowest BCUT2D eigenvalue weighted by Crippen LogP contribution is -2.19. The summed E-state index contributed by atoms with van der Waals surface area (Å²) in [6.45, 7) is 0. The molecule has 1 heterocycles. The molecule has 0 unspecified atom stereocenters. The van der Waals surface area contributed by atoms with Crippen molar-refractivity contribution in [1.29, 1.82) is 0 Å². The van der Waals surface area contributed by atoms with Crippen LogP contribution in [0.15, 0.2) is 85.1 Å². The lowest BCUT2D eigenvalue weighted by Gasteiger charge is -2.10. The molecule has 1 amide bonds. The Hall–Kier alpha value is -5.06. The molecule has 0 bridgehead atoms. The van der Waals surface area contributed by atoms with Crippen LogP contribution < -0.4 is 10.1 Å². The SMILES string of the molecule is O=C(Nc1ccc(Oc2c(F)c(F)cc(F)c2F)cc1)n1cc(-c2ccc(F)cc2)c(-c2ccc(F)cc2)n1. The van der Waals surface area contributed by atoms with Gasteiger partial charge in [-0.1, -0.05) is 12.1 Å². The van der Waals surface area contributed by atoms with Crippen LogP contribution in [0.25, 0.3) is 22.4 Å². The number of nitrogens with zero attached hydrogens (tertiary/aromatic N) is 2. The molecular weight excluding hydrogens is 524 g/mol. The third kappa shape index (κ3) is 5.33. The Labute approximate surface area is 216 Å². The molecule has 0 aliphatic heterocycles. The largest absolute Gasteiger partial charge is 0.451 e. The van der Waals surface area contributed by atoms with Crippen LogP contribution in [0.5, 0.6) is 11.5 Å². The van der Waals surface area contributed by atoms with E-state index in [9.17, 15) is 31.1 Å². The lowest BCUT2D eigenvalue weighted by atomic mass is 10.0. The number of aromatic nitrogens is 2. The normalized spacial score (nSPS) is 10.9. The summed E-state index contributed by atoms with van der Waals surface area (Å²) in [6, 6.07) is 15.4. The van der Waals surface area contributed by atoms with Crippen molar-refractivity contribution in [2.75, 3.05) is 5.32 Å². The third-order valence-electron chi connectivity index (χ3n) is 5.59. The predicted molar refractivity (Wildman–Crippen MR) is 130 cm³/mol. The van der Waals surface area contributed by atoms with E-state index in [0.717, 1.165) is 4.68 Å². The van der Waals surface area contributed by atoms with E-state index in [-0.39, 0.29) is 17.5 Å². The Morgan fingerprint density at radius 1 is 0.718 bits per heavy atom. The molecule has 11 heteroatoms. The van der Waals surface area contributed by atoms with Crippen LogP contribution in [0.2, 0.25) is 0 Å². The number of rotatable bonds is 5. The van der Waals surface area contributed by atoms with Crippen LogP contribution in [0, 0.1) is 34.9 Å². The summed E-state index contributed by atoms with van der Waals surface area (Å²) in [7, 11) is 0. The number of hydrogen-bond acceptors (Lipinski definition) is 3. The minimum absolute atomic E-state index is 0.0639. The van der Waals surface area contributed by atoms with Crippen molar-refractivity contribution >= 4 is 11.7 Å². The highest BCUT2D eigenvalue weighted by Crippen LogP contribution is 2.33. The maximum Gasteiger partial charge on any atom is 0.346 e. The van der Waals surface area contributed by atoms with Gasteiger partial charge in [-0.2, -0.15) is 18.6 Å². The monoisotopic (exact) mass is 539 g/mol. The summed E-state index contributed by atoms with van der Waals surface area (Å²) in [5.74, 6) is -8.95. The Morgan fingerprint density at radius 2 is 1.26 bits per heavy atom. The number of carbonyl (C=O) groups is 1. The second-order valence-corrected chi connectivity index (χ2v) is 8.20. The Morgan fingerprint density at radius 3 is 1.82 bits per heavy atom. The van der Waals surface area contributed by atoms with Gasteiger partial charge < -0.3 is 10.1 Å². The quantitative estimate of drug-likeness (QED) is 0.182. The molecule has 4 aromatic carbocycles. The van der Waals surface area contributed by atoms with Crippen molar-refractivity contribution in [1.82, 2.24) is 9.78 Å². The Kier molecular flexibility index (Phi) is 6.80. The van der Waals surface area contributed by atoms with E-state index >= 15 is 0 Å². The zero-order chi connectivity index (χ0) is 27.7. The first-order valence-corrected chi connectivity index (χ1v) is 11.2. The maximum absolute atomic E-state index is 13.9. The summed E-state index contributed by atoms with van der Waals surface area (Å²) < 4.78 is 87.5. The number of nitrogens with one attached hydrogen (secondary N) is 1. The highest BCUT2D eigenvalue weighted by molar-refractivity contribution is 5.92. The van der Waals surface area contributed by atoms with Crippen LogP contribution in [-0.4, -0.2) is 15.8 Å². The molecule has 0 radical (unpaired) electrons. The predicted octanol–water partition coefficient (Wildman–Crippen LogP) is 7.92. The van der Waals surface area contributed by atoms with E-state index in [1.165, 1.54) is 79.0 Å². The van der Waals surface area contributed by atoms with Gasteiger partial charge in [0.05, 0.1) is 0 Å². The van der Waals surface area contributed by atoms with E-state index in [4.69, 9.17) is 4.74 Å². The highest BCUT2D eigenvalue weighted by atomic mass is 19.2. The van der Waals surface area contributed by atoms with Gasteiger partial charge in [0, 0.05) is 29.1 Å².